The van der Waals surface area contributed by atoms with Gasteiger partial charge in [-0.05, 0) is 24.6 Å². The number of hydrogen-bond donors (Lipinski definition) is 1. The first-order chi connectivity index (χ1) is 17.0. The molecule has 35 heavy (non-hydrogen) atoms. The van der Waals surface area contributed by atoms with Gasteiger partial charge in [-0.15, -0.1) is 0 Å². The van der Waals surface area contributed by atoms with Gasteiger partial charge in [-0.3, -0.25) is 4.90 Å². The Hall–Kier alpha value is -4.29. The summed E-state index contributed by atoms with van der Waals surface area (Å²) in [5.41, 5.74) is 7.32. The molecule has 0 spiro atoms. The van der Waals surface area contributed by atoms with Crippen LogP contribution in [0.25, 0.3) is 0 Å². The van der Waals surface area contributed by atoms with E-state index in [-0.39, 0.29) is 29.3 Å². The number of nitrogens with zero attached hydrogens (tertiary/aromatic N) is 2. The van der Waals surface area contributed by atoms with E-state index < -0.39 is 17.9 Å². The molecule has 9 nitrogen and oxygen atoms in total. The maximum atomic E-state index is 13.2. The lowest BCUT2D eigenvalue weighted by Crippen LogP contribution is -2.41. The van der Waals surface area contributed by atoms with Crippen molar-refractivity contribution in [1.29, 1.82) is 5.26 Å². The van der Waals surface area contributed by atoms with E-state index in [0.717, 1.165) is 0 Å². The molecule has 2 aromatic rings. The summed E-state index contributed by atoms with van der Waals surface area (Å²) in [6, 6.07) is 17.8. The zero-order chi connectivity index (χ0) is 25.4. The van der Waals surface area contributed by atoms with Crippen LogP contribution in [0.5, 0.6) is 5.75 Å². The molecule has 182 valence electrons. The third-order valence-electron chi connectivity index (χ3n) is 5.41. The minimum absolute atomic E-state index is 0.0322. The SMILES string of the molecule is CCOCCOc1ccccc1N1C(N)=C(C#N)C(c2ccccc2)C(C(=O)OC)=C1C(=O)OC. The fourth-order valence-corrected chi connectivity index (χ4v) is 3.88. The van der Waals surface area contributed by atoms with E-state index in [1.165, 1.54) is 19.1 Å². The number of carbonyl (C=O) groups is 2. The topological polar surface area (TPSA) is 124 Å². The number of nitrogens with two attached hydrogens (primary N) is 1. The molecule has 0 aliphatic carbocycles. The predicted molar refractivity (Wildman–Crippen MR) is 128 cm³/mol. The highest BCUT2D eigenvalue weighted by molar-refractivity contribution is 6.06. The summed E-state index contributed by atoms with van der Waals surface area (Å²) in [5, 5.41) is 10.1. The summed E-state index contributed by atoms with van der Waals surface area (Å²) in [4.78, 5) is 27.6. The second-order valence-electron chi connectivity index (χ2n) is 7.35. The number of esters is 2. The summed E-state index contributed by atoms with van der Waals surface area (Å²) in [6.07, 6.45) is 0. The van der Waals surface area contributed by atoms with Gasteiger partial charge in [0, 0.05) is 6.61 Å². The van der Waals surface area contributed by atoms with Crippen LogP contribution in [0.3, 0.4) is 0 Å². The molecule has 0 fully saturated rings. The van der Waals surface area contributed by atoms with Gasteiger partial charge in [-0.1, -0.05) is 42.5 Å². The van der Waals surface area contributed by atoms with E-state index in [2.05, 4.69) is 6.07 Å². The number of allylic oxidation sites excluding steroid dienone is 1. The molecule has 9 heteroatoms. The first-order valence-electron chi connectivity index (χ1n) is 10.9. The number of ether oxygens (including phenoxy) is 4. The normalized spacial score (nSPS) is 15.5. The Labute approximate surface area is 203 Å². The smallest absolute Gasteiger partial charge is 0.355 e. The second-order valence-corrected chi connectivity index (χ2v) is 7.35. The molecule has 0 radical (unpaired) electrons. The van der Waals surface area contributed by atoms with Gasteiger partial charge < -0.3 is 24.7 Å². The monoisotopic (exact) mass is 477 g/mol. The molecule has 0 saturated carbocycles. The largest absolute Gasteiger partial charge is 0.489 e. The zero-order valence-corrected chi connectivity index (χ0v) is 19.8. The molecule has 0 aromatic heterocycles. The van der Waals surface area contributed by atoms with E-state index in [0.29, 0.717) is 30.2 Å². The number of para-hydroxylation sites is 2. The van der Waals surface area contributed by atoms with Gasteiger partial charge in [0.05, 0.1) is 49.6 Å². The van der Waals surface area contributed by atoms with Crippen molar-refractivity contribution < 1.29 is 28.5 Å². The van der Waals surface area contributed by atoms with Crippen molar-refractivity contribution in [2.45, 2.75) is 12.8 Å². The van der Waals surface area contributed by atoms with Gasteiger partial charge in [0.15, 0.2) is 0 Å². The zero-order valence-electron chi connectivity index (χ0n) is 19.8. The molecule has 2 N–H and O–H groups in total. The Balaban J connectivity index is 2.29. The van der Waals surface area contributed by atoms with E-state index in [1.54, 1.807) is 54.6 Å². The van der Waals surface area contributed by atoms with Crippen molar-refractivity contribution in [2.24, 2.45) is 5.73 Å². The van der Waals surface area contributed by atoms with E-state index in [4.69, 9.17) is 24.7 Å². The third-order valence-corrected chi connectivity index (χ3v) is 5.41. The van der Waals surface area contributed by atoms with Crippen LogP contribution in [0.4, 0.5) is 5.69 Å². The maximum absolute atomic E-state index is 13.2. The molecule has 0 amide bonds. The molecular formula is C26H27N3O6. The lowest BCUT2D eigenvalue weighted by molar-refractivity contribution is -0.139. The van der Waals surface area contributed by atoms with Crippen LogP contribution < -0.4 is 15.4 Å². The van der Waals surface area contributed by atoms with E-state index >= 15 is 0 Å². The quantitative estimate of drug-likeness (QED) is 0.429. The third kappa shape index (κ3) is 5.13. The summed E-state index contributed by atoms with van der Waals surface area (Å²) in [6.45, 7) is 3.00. The summed E-state index contributed by atoms with van der Waals surface area (Å²) in [7, 11) is 2.40. The number of methoxy groups -OCH3 is 2. The number of rotatable bonds is 9. The molecule has 0 bridgehead atoms. The standard InChI is InChI=1S/C26H27N3O6/c1-4-34-14-15-35-20-13-9-8-12-19(20)29-23(26(31)33-3)22(25(30)32-2)21(18(16-27)24(29)28)17-10-6-5-7-11-17/h5-13,21H,4,14-15,28H2,1-3H3. The Morgan fingerprint density at radius 2 is 1.66 bits per heavy atom. The highest BCUT2D eigenvalue weighted by Gasteiger charge is 2.43. The van der Waals surface area contributed by atoms with Crippen molar-refractivity contribution in [3.05, 3.63) is 82.8 Å². The van der Waals surface area contributed by atoms with Crippen molar-refractivity contribution in [3.63, 3.8) is 0 Å². The van der Waals surface area contributed by atoms with Gasteiger partial charge in [-0.25, -0.2) is 9.59 Å². The van der Waals surface area contributed by atoms with Crippen molar-refractivity contribution >= 4 is 17.6 Å². The molecular weight excluding hydrogens is 450 g/mol. The van der Waals surface area contributed by atoms with E-state index in [1.807, 2.05) is 6.92 Å². The first-order valence-corrected chi connectivity index (χ1v) is 10.9. The van der Waals surface area contributed by atoms with Gasteiger partial charge in [0.2, 0.25) is 0 Å². The van der Waals surface area contributed by atoms with Crippen LogP contribution in [-0.2, 0) is 23.8 Å². The fraction of sp³-hybridized carbons (Fsp3) is 0.269. The maximum Gasteiger partial charge on any atom is 0.355 e. The molecule has 2 aromatic carbocycles. The molecule has 1 atom stereocenters. The van der Waals surface area contributed by atoms with Crippen LogP contribution in [0.2, 0.25) is 0 Å². The number of anilines is 1. The molecule has 3 rings (SSSR count). The van der Waals surface area contributed by atoms with E-state index in [9.17, 15) is 14.9 Å². The van der Waals surface area contributed by atoms with Crippen LogP contribution in [0.15, 0.2) is 77.3 Å². The minimum Gasteiger partial charge on any atom is -0.489 e. The predicted octanol–water partition coefficient (Wildman–Crippen LogP) is 3.00. The minimum atomic E-state index is -0.940. The van der Waals surface area contributed by atoms with Crippen molar-refractivity contribution in [2.75, 3.05) is 38.9 Å². The summed E-state index contributed by atoms with van der Waals surface area (Å²) in [5.74, 6) is -2.22. The molecule has 1 aliphatic heterocycles. The van der Waals surface area contributed by atoms with Crippen LogP contribution in [0, 0.1) is 11.3 Å². The summed E-state index contributed by atoms with van der Waals surface area (Å²) < 4.78 is 21.3. The number of hydrogen-bond acceptors (Lipinski definition) is 9. The number of carbonyl (C=O) groups excluding carboxylic acids is 2. The Morgan fingerprint density at radius 1 is 1.00 bits per heavy atom. The molecule has 0 saturated heterocycles. The van der Waals surface area contributed by atoms with Gasteiger partial charge in [0.1, 0.15) is 23.9 Å². The highest BCUT2D eigenvalue weighted by atomic mass is 16.5. The number of benzene rings is 2. The molecule has 1 unspecified atom stereocenters. The van der Waals surface area contributed by atoms with Crippen molar-refractivity contribution in [3.8, 4) is 11.8 Å². The Morgan fingerprint density at radius 3 is 2.29 bits per heavy atom. The van der Waals surface area contributed by atoms with Crippen molar-refractivity contribution in [1.82, 2.24) is 0 Å². The second kappa shape index (κ2) is 11.7. The fourth-order valence-electron chi connectivity index (χ4n) is 3.88. The van der Waals surface area contributed by atoms with Gasteiger partial charge in [0.25, 0.3) is 0 Å². The highest BCUT2D eigenvalue weighted by Crippen LogP contribution is 2.45. The average molecular weight is 478 g/mol. The Kier molecular flexibility index (Phi) is 8.48. The number of nitriles is 1. The first kappa shape index (κ1) is 25.3. The molecule has 1 aliphatic rings. The molecule has 1 heterocycles. The van der Waals surface area contributed by atoms with Gasteiger partial charge in [-0.2, -0.15) is 5.26 Å². The lowest BCUT2D eigenvalue weighted by Gasteiger charge is -2.36. The van der Waals surface area contributed by atoms with Crippen LogP contribution in [0.1, 0.15) is 18.4 Å². The van der Waals surface area contributed by atoms with Crippen LogP contribution in [-0.4, -0.2) is 46.0 Å². The van der Waals surface area contributed by atoms with Gasteiger partial charge >= 0.3 is 11.9 Å². The Bertz CT molecular complexity index is 1180. The summed E-state index contributed by atoms with van der Waals surface area (Å²) >= 11 is 0. The average Bonchev–Trinajstić information content (AvgIpc) is 2.90. The van der Waals surface area contributed by atoms with Crippen LogP contribution >= 0.6 is 0 Å². The lowest BCUT2D eigenvalue weighted by atomic mass is 9.81.